The summed E-state index contributed by atoms with van der Waals surface area (Å²) in [6.07, 6.45) is 1.18. The van der Waals surface area contributed by atoms with Crippen LogP contribution in [-0.2, 0) is 0 Å². The van der Waals surface area contributed by atoms with Gasteiger partial charge in [0.15, 0.2) is 0 Å². The first kappa shape index (κ1) is 20.5. The third kappa shape index (κ3) is 6.18. The van der Waals surface area contributed by atoms with Gasteiger partial charge >= 0.3 is 6.03 Å². The summed E-state index contributed by atoms with van der Waals surface area (Å²) in [5.74, 6) is 0. The van der Waals surface area contributed by atoms with Gasteiger partial charge in [0, 0.05) is 50.6 Å². The van der Waals surface area contributed by atoms with Crippen LogP contribution in [0.4, 0.5) is 16.2 Å². The quantitative estimate of drug-likeness (QED) is 0.773. The first-order chi connectivity index (χ1) is 12.5. The van der Waals surface area contributed by atoms with Crippen LogP contribution in [0, 0.1) is 0 Å². The number of carbonyl (C=O) groups is 1. The molecular weight excluding hydrogens is 326 g/mol. The Bertz CT molecular complexity index is 534. The van der Waals surface area contributed by atoms with Crippen molar-refractivity contribution >= 4 is 17.4 Å². The average molecular weight is 362 g/mol. The Labute approximate surface area is 158 Å². The Morgan fingerprint density at radius 2 is 1.65 bits per heavy atom. The molecule has 0 saturated carbocycles. The molecule has 1 aliphatic heterocycles. The number of amides is 2. The van der Waals surface area contributed by atoms with Crippen LogP contribution in [0.1, 0.15) is 20.3 Å². The Morgan fingerprint density at radius 1 is 1.04 bits per heavy atom. The predicted molar refractivity (Wildman–Crippen MR) is 110 cm³/mol. The molecular formula is C20H35N5O. The predicted octanol–water partition coefficient (Wildman–Crippen LogP) is 2.63. The summed E-state index contributed by atoms with van der Waals surface area (Å²) in [4.78, 5) is 21.4. The zero-order chi connectivity index (χ0) is 18.9. The van der Waals surface area contributed by atoms with Gasteiger partial charge in [-0.05, 0) is 71.7 Å². The molecule has 0 bridgehead atoms. The van der Waals surface area contributed by atoms with Crippen molar-refractivity contribution in [2.24, 2.45) is 0 Å². The fourth-order valence-corrected chi connectivity index (χ4v) is 3.33. The van der Waals surface area contributed by atoms with Gasteiger partial charge in [-0.25, -0.2) is 4.79 Å². The van der Waals surface area contributed by atoms with Gasteiger partial charge in [-0.3, -0.25) is 4.90 Å². The van der Waals surface area contributed by atoms with E-state index in [9.17, 15) is 4.79 Å². The van der Waals surface area contributed by atoms with Crippen LogP contribution in [0.3, 0.4) is 0 Å². The highest BCUT2D eigenvalue weighted by atomic mass is 16.2. The van der Waals surface area contributed by atoms with Crippen molar-refractivity contribution in [2.45, 2.75) is 20.3 Å². The van der Waals surface area contributed by atoms with Gasteiger partial charge in [0.2, 0.25) is 0 Å². The fourth-order valence-electron chi connectivity index (χ4n) is 3.33. The Morgan fingerprint density at radius 3 is 2.19 bits per heavy atom. The lowest BCUT2D eigenvalue weighted by atomic mass is 10.2. The maximum atomic E-state index is 12.5. The molecule has 1 saturated heterocycles. The molecule has 2 amide bonds. The summed E-state index contributed by atoms with van der Waals surface area (Å²) in [5.41, 5.74) is 2.05. The molecule has 1 aliphatic rings. The number of carbonyl (C=O) groups excluding carboxylic acids is 1. The number of hydrogen-bond acceptors (Lipinski definition) is 4. The number of benzene rings is 1. The van der Waals surface area contributed by atoms with Crippen molar-refractivity contribution in [3.8, 4) is 0 Å². The standard InChI is InChI=1S/C20H35N5O/c1-5-24(6-2)19-10-8-18(9-11-19)21-20(26)25-16-14-23(15-17-25)13-7-12-22(3)4/h8-11H,5-7,12-17H2,1-4H3,(H,21,26). The summed E-state index contributed by atoms with van der Waals surface area (Å²) in [6.45, 7) is 12.0. The van der Waals surface area contributed by atoms with Crippen molar-refractivity contribution in [3.05, 3.63) is 24.3 Å². The smallest absolute Gasteiger partial charge is 0.321 e. The second kappa shape index (κ2) is 10.4. The highest BCUT2D eigenvalue weighted by Crippen LogP contribution is 2.18. The van der Waals surface area contributed by atoms with Crippen LogP contribution in [0.2, 0.25) is 0 Å². The van der Waals surface area contributed by atoms with E-state index >= 15 is 0 Å². The summed E-state index contributed by atoms with van der Waals surface area (Å²) < 4.78 is 0. The summed E-state index contributed by atoms with van der Waals surface area (Å²) in [7, 11) is 4.22. The lowest BCUT2D eigenvalue weighted by molar-refractivity contribution is 0.144. The van der Waals surface area contributed by atoms with Crippen molar-refractivity contribution in [3.63, 3.8) is 0 Å². The fraction of sp³-hybridized carbons (Fsp3) is 0.650. The van der Waals surface area contributed by atoms with E-state index in [1.54, 1.807) is 0 Å². The minimum absolute atomic E-state index is 0.00790. The monoisotopic (exact) mass is 361 g/mol. The highest BCUT2D eigenvalue weighted by Gasteiger charge is 2.20. The van der Waals surface area contributed by atoms with E-state index in [4.69, 9.17) is 0 Å². The number of nitrogens with one attached hydrogen (secondary N) is 1. The first-order valence-corrected chi connectivity index (χ1v) is 9.81. The van der Waals surface area contributed by atoms with Crippen molar-refractivity contribution in [2.75, 3.05) is 76.7 Å². The summed E-state index contributed by atoms with van der Waals surface area (Å²) >= 11 is 0. The number of urea groups is 1. The lowest BCUT2D eigenvalue weighted by Crippen LogP contribution is -2.50. The molecule has 0 aromatic heterocycles. The maximum absolute atomic E-state index is 12.5. The third-order valence-corrected chi connectivity index (χ3v) is 4.99. The van der Waals surface area contributed by atoms with Crippen LogP contribution in [0.15, 0.2) is 24.3 Å². The molecule has 0 atom stereocenters. The molecule has 1 fully saturated rings. The zero-order valence-electron chi connectivity index (χ0n) is 16.9. The first-order valence-electron chi connectivity index (χ1n) is 9.81. The second-order valence-electron chi connectivity index (χ2n) is 7.13. The van der Waals surface area contributed by atoms with Gasteiger partial charge in [0.25, 0.3) is 0 Å². The number of rotatable bonds is 8. The largest absolute Gasteiger partial charge is 0.372 e. The van der Waals surface area contributed by atoms with E-state index in [-0.39, 0.29) is 6.03 Å². The van der Waals surface area contributed by atoms with Crippen molar-refractivity contribution in [1.29, 1.82) is 0 Å². The van der Waals surface area contributed by atoms with E-state index in [2.05, 4.69) is 60.1 Å². The zero-order valence-corrected chi connectivity index (χ0v) is 16.9. The van der Waals surface area contributed by atoms with Gasteiger partial charge in [-0.1, -0.05) is 0 Å². The molecule has 26 heavy (non-hydrogen) atoms. The molecule has 0 radical (unpaired) electrons. The molecule has 1 aromatic carbocycles. The molecule has 0 unspecified atom stereocenters. The Balaban J connectivity index is 1.76. The van der Waals surface area contributed by atoms with Gasteiger partial charge in [0.05, 0.1) is 0 Å². The van der Waals surface area contributed by atoms with Gasteiger partial charge in [0.1, 0.15) is 0 Å². The average Bonchev–Trinajstić information content (AvgIpc) is 2.64. The van der Waals surface area contributed by atoms with Crippen LogP contribution in [-0.4, -0.2) is 87.2 Å². The van der Waals surface area contributed by atoms with Crippen molar-refractivity contribution in [1.82, 2.24) is 14.7 Å². The highest BCUT2D eigenvalue weighted by molar-refractivity contribution is 5.89. The minimum Gasteiger partial charge on any atom is -0.372 e. The van der Waals surface area contributed by atoms with Crippen LogP contribution in [0.25, 0.3) is 0 Å². The van der Waals surface area contributed by atoms with Crippen LogP contribution < -0.4 is 10.2 Å². The SMILES string of the molecule is CCN(CC)c1ccc(NC(=O)N2CCN(CCCN(C)C)CC2)cc1. The number of hydrogen-bond donors (Lipinski definition) is 1. The van der Waals surface area contributed by atoms with Gasteiger partial charge in [-0.15, -0.1) is 0 Å². The molecule has 1 heterocycles. The number of anilines is 2. The molecule has 6 nitrogen and oxygen atoms in total. The number of nitrogens with zero attached hydrogens (tertiary/aromatic N) is 4. The Hall–Kier alpha value is -1.79. The van der Waals surface area contributed by atoms with E-state index in [0.29, 0.717) is 0 Å². The van der Waals surface area contributed by atoms with E-state index in [0.717, 1.165) is 58.0 Å². The molecule has 1 aromatic rings. The summed E-state index contributed by atoms with van der Waals surface area (Å²) in [6, 6.07) is 8.14. The summed E-state index contributed by atoms with van der Waals surface area (Å²) in [5, 5.41) is 3.03. The van der Waals surface area contributed by atoms with Crippen molar-refractivity contribution < 1.29 is 4.79 Å². The third-order valence-electron chi connectivity index (χ3n) is 4.99. The maximum Gasteiger partial charge on any atom is 0.321 e. The molecule has 0 aliphatic carbocycles. The molecule has 1 N–H and O–H groups in total. The lowest BCUT2D eigenvalue weighted by Gasteiger charge is -2.34. The number of piperazine rings is 1. The second-order valence-corrected chi connectivity index (χ2v) is 7.13. The van der Waals surface area contributed by atoms with Gasteiger partial charge in [-0.2, -0.15) is 0 Å². The minimum atomic E-state index is 0.00790. The normalized spacial score (nSPS) is 15.3. The van der Waals surface area contributed by atoms with E-state index in [1.807, 2.05) is 17.0 Å². The van der Waals surface area contributed by atoms with E-state index in [1.165, 1.54) is 12.1 Å². The van der Waals surface area contributed by atoms with Crippen LogP contribution in [0.5, 0.6) is 0 Å². The molecule has 2 rings (SSSR count). The van der Waals surface area contributed by atoms with E-state index < -0.39 is 0 Å². The molecule has 0 spiro atoms. The Kier molecular flexibility index (Phi) is 8.19. The topological polar surface area (TPSA) is 42.1 Å². The van der Waals surface area contributed by atoms with Gasteiger partial charge < -0.3 is 20.0 Å². The van der Waals surface area contributed by atoms with Crippen LogP contribution >= 0.6 is 0 Å². The molecule has 6 heteroatoms. The molecule has 146 valence electrons.